The molecule has 0 bridgehead atoms. The molecule has 5 unspecified atom stereocenters. The number of nitrogens with two attached hydrogens (primary N) is 1. The van der Waals surface area contributed by atoms with E-state index < -0.39 is 53.0 Å². The molecule has 2 N–H and O–H groups in total. The van der Waals surface area contributed by atoms with Crippen LogP contribution in [0.4, 0.5) is 27.8 Å². The van der Waals surface area contributed by atoms with Crippen LogP contribution in [0.3, 0.4) is 0 Å². The average Bonchev–Trinajstić information content (AvgIpc) is 3.65. The summed E-state index contributed by atoms with van der Waals surface area (Å²) in [6.07, 6.45) is -1.03. The van der Waals surface area contributed by atoms with Crippen LogP contribution in [0, 0.1) is 28.9 Å². The molecule has 8 rings (SSSR count). The minimum absolute atomic E-state index is 0.000176. The van der Waals surface area contributed by atoms with Crippen LogP contribution in [-0.2, 0) is 0 Å². The number of rotatable bonds is 5. The summed E-state index contributed by atoms with van der Waals surface area (Å²) < 4.78 is 87.6. The van der Waals surface area contributed by atoms with Crippen LogP contribution in [0.15, 0.2) is 17.0 Å². The van der Waals surface area contributed by atoms with Crippen LogP contribution >= 0.6 is 23.4 Å². The Balaban J connectivity index is 1.33. The minimum Gasteiger partial charge on any atom is -0.489 e. The number of benzene rings is 2. The summed E-state index contributed by atoms with van der Waals surface area (Å²) in [6, 6.07) is 3.61. The lowest BCUT2D eigenvalue weighted by Gasteiger charge is -2.40. The van der Waals surface area contributed by atoms with Gasteiger partial charge in [0.15, 0.2) is 11.6 Å². The molecule has 6 atom stereocenters. The topological polar surface area (TPSA) is 101 Å². The second-order valence-electron chi connectivity index (χ2n) is 13.0. The first kappa shape index (κ1) is 31.2. The van der Waals surface area contributed by atoms with Gasteiger partial charge < -0.3 is 20.1 Å². The highest BCUT2D eigenvalue weighted by Gasteiger charge is 2.50. The molecule has 3 fully saturated rings. The first-order valence-electron chi connectivity index (χ1n) is 15.7. The largest absolute Gasteiger partial charge is 0.489 e. The van der Waals surface area contributed by atoms with Crippen molar-refractivity contribution in [2.24, 2.45) is 11.7 Å². The first-order chi connectivity index (χ1) is 22.6. The van der Waals surface area contributed by atoms with Gasteiger partial charge in [-0.3, -0.25) is 4.90 Å². The molecular weight excluding hydrogens is 663 g/mol. The van der Waals surface area contributed by atoms with Crippen molar-refractivity contribution in [2.75, 3.05) is 37.7 Å². The molecule has 0 aliphatic carbocycles. The summed E-state index contributed by atoms with van der Waals surface area (Å²) in [5, 5.41) is 9.07. The van der Waals surface area contributed by atoms with E-state index in [1.807, 2.05) is 0 Å². The molecule has 15 heteroatoms. The molecule has 3 aromatic rings. The Bertz CT molecular complexity index is 1830. The molecule has 5 aliphatic heterocycles. The quantitative estimate of drug-likeness (QED) is 0.304. The van der Waals surface area contributed by atoms with Crippen LogP contribution in [0.1, 0.15) is 43.6 Å². The van der Waals surface area contributed by atoms with Crippen molar-refractivity contribution in [3.63, 3.8) is 0 Å². The third-order valence-corrected chi connectivity index (χ3v) is 12.0. The second-order valence-corrected chi connectivity index (χ2v) is 14.6. The number of thioether (sulfide) groups is 1. The van der Waals surface area contributed by atoms with Crippen LogP contribution in [-0.4, -0.2) is 77.3 Å². The zero-order valence-electron chi connectivity index (χ0n) is 25.0. The van der Waals surface area contributed by atoms with Gasteiger partial charge in [0.1, 0.15) is 36.5 Å². The number of nitrogens with zero attached hydrogens (tertiary/aromatic N) is 5. The molecule has 8 nitrogen and oxygen atoms in total. The number of hydrogen-bond acceptors (Lipinski definition) is 9. The molecular formula is C32H30ClF5N6O2S. The highest BCUT2D eigenvalue weighted by Crippen LogP contribution is 2.54. The molecule has 0 saturated carbocycles. The van der Waals surface area contributed by atoms with Crippen LogP contribution < -0.4 is 20.1 Å². The SMILES string of the molecule is N#CC1c2c(-c3c(Cl)c4c5c(nc(OCC67CCCN6C[C@H](F)C7)nc5c3F)N3CCCC(C(F)F)C3CO4)ccc(F)c2SC1N. The maximum atomic E-state index is 17.1. The van der Waals surface area contributed by atoms with Crippen LogP contribution in [0.25, 0.3) is 22.0 Å². The molecule has 1 aromatic heterocycles. The van der Waals surface area contributed by atoms with Gasteiger partial charge in [-0.15, -0.1) is 11.8 Å². The molecule has 0 radical (unpaired) electrons. The summed E-state index contributed by atoms with van der Waals surface area (Å²) in [6.45, 7) is 1.29. The van der Waals surface area contributed by atoms with Crippen LogP contribution in [0.5, 0.6) is 11.8 Å². The monoisotopic (exact) mass is 692 g/mol. The maximum absolute atomic E-state index is 17.1. The van der Waals surface area contributed by atoms with Crippen molar-refractivity contribution in [1.29, 1.82) is 5.26 Å². The van der Waals surface area contributed by atoms with Gasteiger partial charge in [0.05, 0.1) is 39.4 Å². The smallest absolute Gasteiger partial charge is 0.319 e. The van der Waals surface area contributed by atoms with E-state index in [1.54, 1.807) is 4.90 Å². The number of piperidine rings is 1. The Labute approximate surface area is 276 Å². The van der Waals surface area contributed by atoms with Gasteiger partial charge in [0, 0.05) is 35.9 Å². The molecule has 6 heterocycles. The van der Waals surface area contributed by atoms with Crippen molar-refractivity contribution in [2.45, 2.75) is 72.5 Å². The van der Waals surface area contributed by atoms with E-state index in [2.05, 4.69) is 20.9 Å². The fraction of sp³-hybridized carbons (Fsp3) is 0.531. The molecule has 0 spiro atoms. The van der Waals surface area contributed by atoms with Gasteiger partial charge in [-0.2, -0.15) is 15.2 Å². The van der Waals surface area contributed by atoms with E-state index in [-0.39, 0.29) is 74.7 Å². The molecule has 5 aliphatic rings. The van der Waals surface area contributed by atoms with Gasteiger partial charge >= 0.3 is 6.01 Å². The van der Waals surface area contributed by atoms with E-state index >= 15 is 4.39 Å². The number of aromatic nitrogens is 2. The Kier molecular flexibility index (Phi) is 7.62. The van der Waals surface area contributed by atoms with Gasteiger partial charge in [-0.25, -0.2) is 22.0 Å². The van der Waals surface area contributed by atoms with Crippen molar-refractivity contribution in [1.82, 2.24) is 14.9 Å². The lowest BCUT2D eigenvalue weighted by Crippen LogP contribution is -2.50. The van der Waals surface area contributed by atoms with Crippen molar-refractivity contribution >= 4 is 40.1 Å². The molecule has 3 saturated heterocycles. The molecule has 248 valence electrons. The van der Waals surface area contributed by atoms with Crippen molar-refractivity contribution in [3.05, 3.63) is 34.4 Å². The predicted octanol–water partition coefficient (Wildman–Crippen LogP) is 6.42. The Hall–Kier alpha value is -3.12. The summed E-state index contributed by atoms with van der Waals surface area (Å²) >= 11 is 7.93. The molecule has 2 aromatic carbocycles. The number of halogens is 6. The summed E-state index contributed by atoms with van der Waals surface area (Å²) in [5.74, 6) is -3.35. The Morgan fingerprint density at radius 3 is 2.85 bits per heavy atom. The summed E-state index contributed by atoms with van der Waals surface area (Å²) in [4.78, 5) is 13.0. The van der Waals surface area contributed by atoms with Gasteiger partial charge in [0.2, 0.25) is 6.43 Å². The first-order valence-corrected chi connectivity index (χ1v) is 16.9. The van der Waals surface area contributed by atoms with Crippen molar-refractivity contribution < 1.29 is 31.4 Å². The van der Waals surface area contributed by atoms with Gasteiger partial charge in [-0.05, 0) is 49.4 Å². The van der Waals surface area contributed by atoms with Crippen LogP contribution in [0.2, 0.25) is 5.02 Å². The molecule has 0 amide bonds. The highest BCUT2D eigenvalue weighted by molar-refractivity contribution is 8.00. The number of anilines is 1. The van der Waals surface area contributed by atoms with E-state index in [0.717, 1.165) is 37.2 Å². The standard InChI is InChI=1S/C32H30ClF5N6O2S/c33-23-21(16-4-5-18(35)27-20(16)17(10-39)29(40)47-27)24(36)25-22-26(23)45-12-19-15(28(37)38)3-1-8-44(19)30(22)42-31(41-25)46-13-32-6-2-7-43(32)11-14(34)9-32/h4-5,14-15,17,19,28-29H,1-3,6-9,11-13,40H2/t14-,15?,17?,19?,29?,32?/m1/s1. The average molecular weight is 693 g/mol. The third-order valence-electron chi connectivity index (χ3n) is 10.4. The van der Waals surface area contributed by atoms with E-state index in [9.17, 15) is 22.8 Å². The zero-order valence-corrected chi connectivity index (χ0v) is 26.6. The van der Waals surface area contributed by atoms with Crippen molar-refractivity contribution in [3.8, 4) is 29.0 Å². The normalized spacial score (nSPS) is 29.8. The molecule has 47 heavy (non-hydrogen) atoms. The highest BCUT2D eigenvalue weighted by atomic mass is 35.5. The minimum atomic E-state index is -2.64. The van der Waals surface area contributed by atoms with Gasteiger partial charge in [-0.1, -0.05) is 17.7 Å². The van der Waals surface area contributed by atoms with Gasteiger partial charge in [0.25, 0.3) is 0 Å². The summed E-state index contributed by atoms with van der Waals surface area (Å²) in [5.41, 5.74) is 5.57. The lowest BCUT2D eigenvalue weighted by atomic mass is 9.89. The third kappa shape index (κ3) is 4.75. The van der Waals surface area contributed by atoms with E-state index in [1.165, 1.54) is 6.07 Å². The number of alkyl halides is 3. The Morgan fingerprint density at radius 2 is 2.06 bits per heavy atom. The van der Waals surface area contributed by atoms with E-state index in [4.69, 9.17) is 26.8 Å². The predicted molar refractivity (Wildman–Crippen MR) is 166 cm³/mol. The number of nitriles is 1. The number of hydrogen-bond donors (Lipinski definition) is 1. The fourth-order valence-electron chi connectivity index (χ4n) is 8.28. The lowest BCUT2D eigenvalue weighted by molar-refractivity contribution is 0.0361. The fourth-order valence-corrected chi connectivity index (χ4v) is 9.76. The number of ether oxygens (including phenoxy) is 2. The van der Waals surface area contributed by atoms with E-state index in [0.29, 0.717) is 25.9 Å². The zero-order chi connectivity index (χ0) is 32.8. The summed E-state index contributed by atoms with van der Waals surface area (Å²) in [7, 11) is 0. The Morgan fingerprint density at radius 1 is 1.23 bits per heavy atom. The maximum Gasteiger partial charge on any atom is 0.319 e. The second kappa shape index (κ2) is 11.5. The number of fused-ring (bicyclic) bond motifs is 4.